The van der Waals surface area contributed by atoms with E-state index in [1.807, 2.05) is 0 Å². The van der Waals surface area contributed by atoms with Crippen LogP contribution in [-0.4, -0.2) is 70.9 Å². The van der Waals surface area contributed by atoms with E-state index in [1.54, 1.807) is 0 Å². The predicted molar refractivity (Wildman–Crippen MR) is 46.2 cm³/mol. The molecule has 0 bridgehead atoms. The van der Waals surface area contributed by atoms with Crippen molar-refractivity contribution in [1.29, 1.82) is 0 Å². The van der Waals surface area contributed by atoms with Gasteiger partial charge in [0.15, 0.2) is 0 Å². The van der Waals surface area contributed by atoms with Crippen LogP contribution in [-0.2, 0) is 33.6 Å². The fourth-order valence-corrected chi connectivity index (χ4v) is 0. The molecule has 15 heteroatoms. The normalized spacial score (nSPS) is 5.05. The van der Waals surface area contributed by atoms with Gasteiger partial charge in [-0.15, -0.1) is 0 Å². The van der Waals surface area contributed by atoms with Crippen LogP contribution in [0.15, 0.2) is 0 Å². The van der Waals surface area contributed by atoms with Gasteiger partial charge in [0.05, 0.1) is 0 Å². The van der Waals surface area contributed by atoms with Crippen molar-refractivity contribution in [3.05, 3.63) is 0 Å². The molecule has 0 unspecified atom stereocenters. The van der Waals surface area contributed by atoms with E-state index in [-0.39, 0.29) is 39.0 Å². The predicted octanol–water partition coefficient (Wildman–Crippen LogP) is 0.0599. The summed E-state index contributed by atoms with van der Waals surface area (Å²) in [6.07, 6.45) is -7.33. The zero-order valence-corrected chi connectivity index (χ0v) is 10.5. The van der Waals surface area contributed by atoms with Crippen molar-refractivity contribution in [3.8, 4) is 0 Å². The minimum Gasteiger partial charge on any atom is -0.450 e. The Balaban J connectivity index is -0.0000000192. The van der Waals surface area contributed by atoms with Crippen LogP contribution < -0.4 is 0 Å². The van der Waals surface area contributed by atoms with Crippen LogP contribution in [0.1, 0.15) is 0 Å². The number of carbonyl (C=O) groups is 4. The number of carboxylic acid groups (broad SMARTS) is 8. The zero-order valence-electron chi connectivity index (χ0n) is 8.38. The summed E-state index contributed by atoms with van der Waals surface area (Å²) in [6, 6.07) is 0. The molecular weight excluding hydrogens is 374 g/mol. The Hall–Kier alpha value is -1.95. The number of hydrogen-bond acceptors (Lipinski definition) is 4. The van der Waals surface area contributed by atoms with Gasteiger partial charge in [0.25, 0.3) is 0 Å². The van der Waals surface area contributed by atoms with Crippen LogP contribution in [0.25, 0.3) is 0 Å². The molecule has 0 spiro atoms. The van der Waals surface area contributed by atoms with Crippen LogP contribution >= 0.6 is 0 Å². The minimum absolute atomic E-state index is 0. The Morgan fingerprint density at radius 1 is 0.421 bits per heavy atom. The smallest absolute Gasteiger partial charge is 0.450 e. The molecule has 19 heavy (non-hydrogen) atoms. The molecule has 0 atom stereocenters. The summed E-state index contributed by atoms with van der Waals surface area (Å²) in [5.74, 6) is 0. The van der Waals surface area contributed by atoms with Crippen LogP contribution in [0, 0.1) is 0 Å². The van der Waals surface area contributed by atoms with E-state index >= 15 is 0 Å². The molecule has 0 saturated carbocycles. The fourth-order valence-electron chi connectivity index (χ4n) is 0. The molecule has 10 N–H and O–H groups in total. The molecule has 0 aromatic rings. The summed E-state index contributed by atoms with van der Waals surface area (Å²) < 4.78 is 0. The van der Waals surface area contributed by atoms with Crippen LogP contribution in [0.2, 0.25) is 0 Å². The molecule has 0 heterocycles. The maximum atomic E-state index is 8.56. The molecular formula is C4H10Co2O13. The monoisotopic (exact) mass is 384 g/mol. The van der Waals surface area contributed by atoms with Crippen molar-refractivity contribution in [2.75, 3.05) is 0 Å². The average Bonchev–Trinajstić information content (AvgIpc) is 1.76. The van der Waals surface area contributed by atoms with Gasteiger partial charge < -0.3 is 46.3 Å². The molecule has 0 aliphatic carbocycles. The first-order valence-electron chi connectivity index (χ1n) is 2.61. The van der Waals surface area contributed by atoms with Gasteiger partial charge in [-0.1, -0.05) is 0 Å². The van der Waals surface area contributed by atoms with Gasteiger partial charge in [-0.3, -0.25) is 0 Å². The fraction of sp³-hybridized carbons (Fsp3) is 0. The molecule has 0 saturated heterocycles. The van der Waals surface area contributed by atoms with Crippen molar-refractivity contribution in [1.82, 2.24) is 0 Å². The Labute approximate surface area is 124 Å². The molecule has 2 radical (unpaired) electrons. The molecule has 0 fully saturated rings. The standard InChI is InChI=1S/4CH2O3.2Co.H2O/c4*2-1(3)4;;;/h4*(H2,2,3,4);;;1H2. The summed E-state index contributed by atoms with van der Waals surface area (Å²) in [7, 11) is 0. The van der Waals surface area contributed by atoms with Crippen molar-refractivity contribution in [3.63, 3.8) is 0 Å². The van der Waals surface area contributed by atoms with E-state index in [4.69, 9.17) is 60.0 Å². The second kappa shape index (κ2) is 36.0. The SMILES string of the molecule is O.O=C(O)O.O=C(O)O.O=C(O)O.O=C(O)O.[Co].[Co]. The summed E-state index contributed by atoms with van der Waals surface area (Å²) in [4.78, 5) is 34.2. The third-order valence-electron chi connectivity index (χ3n) is 0. The van der Waals surface area contributed by atoms with Gasteiger partial charge in [-0.25, -0.2) is 19.2 Å². The van der Waals surface area contributed by atoms with E-state index in [0.717, 1.165) is 0 Å². The van der Waals surface area contributed by atoms with Gasteiger partial charge in [-0.05, 0) is 0 Å². The Bertz CT molecular complexity index is 163. The van der Waals surface area contributed by atoms with E-state index in [9.17, 15) is 0 Å². The second-order valence-corrected chi connectivity index (χ2v) is 1.13. The zero-order chi connectivity index (χ0) is 14.3. The van der Waals surface area contributed by atoms with E-state index in [2.05, 4.69) is 0 Å². The first-order valence-corrected chi connectivity index (χ1v) is 2.61. The van der Waals surface area contributed by atoms with E-state index in [0.29, 0.717) is 0 Å². The van der Waals surface area contributed by atoms with Crippen molar-refractivity contribution < 1.29 is 99.1 Å². The Kier molecular flexibility index (Phi) is 82.4. The maximum absolute atomic E-state index is 8.56. The molecule has 0 aromatic heterocycles. The molecule has 122 valence electrons. The van der Waals surface area contributed by atoms with Gasteiger partial charge >= 0.3 is 24.6 Å². The maximum Gasteiger partial charge on any atom is 0.503 e. The van der Waals surface area contributed by atoms with Gasteiger partial charge in [0.2, 0.25) is 0 Å². The van der Waals surface area contributed by atoms with Gasteiger partial charge in [-0.2, -0.15) is 0 Å². The largest absolute Gasteiger partial charge is 0.503 e. The summed E-state index contributed by atoms with van der Waals surface area (Å²) in [5, 5.41) is 55.8. The van der Waals surface area contributed by atoms with E-state index in [1.165, 1.54) is 0 Å². The topological polar surface area (TPSA) is 262 Å². The summed E-state index contributed by atoms with van der Waals surface area (Å²) in [6.45, 7) is 0. The van der Waals surface area contributed by atoms with Crippen molar-refractivity contribution in [2.45, 2.75) is 0 Å². The Morgan fingerprint density at radius 3 is 0.421 bits per heavy atom. The average molecular weight is 384 g/mol. The van der Waals surface area contributed by atoms with Crippen molar-refractivity contribution >= 4 is 24.6 Å². The van der Waals surface area contributed by atoms with Crippen LogP contribution in [0.4, 0.5) is 19.2 Å². The van der Waals surface area contributed by atoms with Crippen molar-refractivity contribution in [2.24, 2.45) is 0 Å². The quantitative estimate of drug-likeness (QED) is 0.275. The molecule has 0 rings (SSSR count). The third-order valence-corrected chi connectivity index (χ3v) is 0. The van der Waals surface area contributed by atoms with Gasteiger partial charge in [0.1, 0.15) is 0 Å². The summed E-state index contributed by atoms with van der Waals surface area (Å²) in [5.41, 5.74) is 0. The first-order chi connectivity index (χ1) is 6.93. The molecule has 0 aromatic carbocycles. The third kappa shape index (κ3) is 836. The van der Waals surface area contributed by atoms with Crippen LogP contribution in [0.5, 0.6) is 0 Å². The first kappa shape index (κ1) is 43.5. The number of rotatable bonds is 0. The molecule has 13 nitrogen and oxygen atoms in total. The van der Waals surface area contributed by atoms with E-state index < -0.39 is 24.6 Å². The molecule has 0 aliphatic heterocycles. The minimum atomic E-state index is -1.83. The van der Waals surface area contributed by atoms with Crippen LogP contribution in [0.3, 0.4) is 0 Å². The number of hydrogen-bond donors (Lipinski definition) is 8. The molecule has 0 aliphatic rings. The second-order valence-electron chi connectivity index (χ2n) is 1.13. The molecule has 0 amide bonds. The van der Waals surface area contributed by atoms with Gasteiger partial charge in [0, 0.05) is 33.6 Å². The Morgan fingerprint density at radius 2 is 0.421 bits per heavy atom. The summed E-state index contributed by atoms with van der Waals surface area (Å²) >= 11 is 0.